The second-order valence-corrected chi connectivity index (χ2v) is 3.35. The fourth-order valence-corrected chi connectivity index (χ4v) is 1.48. The minimum atomic E-state index is -0.269. The highest BCUT2D eigenvalue weighted by molar-refractivity contribution is 7.99. The van der Waals surface area contributed by atoms with Gasteiger partial charge in [0.15, 0.2) is 0 Å². The van der Waals surface area contributed by atoms with E-state index >= 15 is 0 Å². The molecule has 1 aromatic rings. The van der Waals surface area contributed by atoms with Crippen LogP contribution in [0.4, 0.5) is 4.39 Å². The Hall–Kier alpha value is -0.700. The lowest BCUT2D eigenvalue weighted by Crippen LogP contribution is -1.80. The lowest BCUT2D eigenvalue weighted by molar-refractivity contribution is 0.469. The Morgan fingerprint density at radius 1 is 1.55 bits per heavy atom. The zero-order valence-corrected chi connectivity index (χ0v) is 6.99. The maximum atomic E-state index is 12.8. The highest BCUT2D eigenvalue weighted by Crippen LogP contribution is 2.24. The Balaban J connectivity index is 2.93. The number of phenolic OH excluding ortho intramolecular Hbond substituents is 1. The quantitative estimate of drug-likeness (QED) is 0.692. The van der Waals surface area contributed by atoms with E-state index in [1.165, 1.54) is 30.0 Å². The summed E-state index contributed by atoms with van der Waals surface area (Å²) >= 11 is 1.38. The van der Waals surface area contributed by atoms with Gasteiger partial charge in [-0.2, -0.15) is 0 Å². The highest BCUT2D eigenvalue weighted by Gasteiger charge is 2.01. The number of aromatic hydroxyl groups is 1. The topological polar surface area (TPSA) is 20.2 Å². The molecule has 0 aliphatic carbocycles. The van der Waals surface area contributed by atoms with Crippen molar-refractivity contribution in [1.82, 2.24) is 0 Å². The minimum absolute atomic E-state index is 0.113. The van der Waals surface area contributed by atoms with Crippen LogP contribution in [0.1, 0.15) is 6.92 Å². The molecule has 0 bridgehead atoms. The molecular formula is C8H9FOS. The van der Waals surface area contributed by atoms with E-state index in [9.17, 15) is 4.39 Å². The normalized spacial score (nSPS) is 10.0. The zero-order chi connectivity index (χ0) is 8.27. The van der Waals surface area contributed by atoms with E-state index in [-0.39, 0.29) is 11.6 Å². The molecule has 11 heavy (non-hydrogen) atoms. The number of benzene rings is 1. The second-order valence-electron chi connectivity index (χ2n) is 2.05. The Labute approximate surface area is 69.2 Å². The van der Waals surface area contributed by atoms with E-state index in [0.717, 1.165) is 5.75 Å². The largest absolute Gasteiger partial charge is 0.508 e. The molecule has 0 amide bonds. The molecule has 0 radical (unpaired) electrons. The van der Waals surface area contributed by atoms with Gasteiger partial charge in [-0.05, 0) is 24.0 Å². The molecule has 0 fully saturated rings. The molecule has 0 saturated carbocycles. The Bertz CT molecular complexity index is 250. The molecule has 0 aliphatic rings. The zero-order valence-electron chi connectivity index (χ0n) is 6.17. The van der Waals surface area contributed by atoms with Crippen molar-refractivity contribution in [2.24, 2.45) is 0 Å². The summed E-state index contributed by atoms with van der Waals surface area (Å²) in [6, 6.07) is 4.05. The first-order valence-electron chi connectivity index (χ1n) is 3.35. The smallest absolute Gasteiger partial charge is 0.137 e. The summed E-state index contributed by atoms with van der Waals surface area (Å²) in [5, 5.41) is 8.98. The molecule has 0 unspecified atom stereocenters. The molecular weight excluding hydrogens is 163 g/mol. The van der Waals surface area contributed by atoms with Gasteiger partial charge in [0.05, 0.1) is 0 Å². The fourth-order valence-electron chi connectivity index (χ4n) is 0.758. The van der Waals surface area contributed by atoms with Gasteiger partial charge in [0.1, 0.15) is 11.6 Å². The van der Waals surface area contributed by atoms with E-state index in [0.29, 0.717) is 4.90 Å². The summed E-state index contributed by atoms with van der Waals surface area (Å²) in [5.74, 6) is 0.650. The molecule has 0 aliphatic heterocycles. The first-order valence-corrected chi connectivity index (χ1v) is 4.34. The standard InChI is InChI=1S/C8H9FOS/c1-2-11-8-5-6(10)3-4-7(8)9/h3-5,10H,2H2,1H3. The van der Waals surface area contributed by atoms with E-state index in [1.807, 2.05) is 6.92 Å². The van der Waals surface area contributed by atoms with Crippen LogP contribution in [0.5, 0.6) is 5.75 Å². The van der Waals surface area contributed by atoms with Crippen molar-refractivity contribution in [3.05, 3.63) is 24.0 Å². The Kier molecular flexibility index (Phi) is 2.76. The maximum absolute atomic E-state index is 12.8. The van der Waals surface area contributed by atoms with Crippen molar-refractivity contribution < 1.29 is 9.50 Å². The SMILES string of the molecule is CCSc1cc(O)ccc1F. The van der Waals surface area contributed by atoms with Gasteiger partial charge in [0.25, 0.3) is 0 Å². The molecule has 0 saturated heterocycles. The van der Waals surface area contributed by atoms with Crippen LogP contribution in [0, 0.1) is 5.82 Å². The highest BCUT2D eigenvalue weighted by atomic mass is 32.2. The van der Waals surface area contributed by atoms with Crippen LogP contribution in [0.3, 0.4) is 0 Å². The van der Waals surface area contributed by atoms with Gasteiger partial charge in [-0.25, -0.2) is 4.39 Å². The van der Waals surface area contributed by atoms with Crippen LogP contribution >= 0.6 is 11.8 Å². The van der Waals surface area contributed by atoms with Crippen molar-refractivity contribution in [1.29, 1.82) is 0 Å². The van der Waals surface area contributed by atoms with Crippen LogP contribution in [0.2, 0.25) is 0 Å². The molecule has 0 spiro atoms. The van der Waals surface area contributed by atoms with Crippen molar-refractivity contribution >= 4 is 11.8 Å². The Morgan fingerprint density at radius 3 is 2.91 bits per heavy atom. The summed E-state index contributed by atoms with van der Waals surface area (Å²) in [4.78, 5) is 0.507. The molecule has 3 heteroatoms. The lowest BCUT2D eigenvalue weighted by Gasteiger charge is -2.00. The van der Waals surface area contributed by atoms with Crippen molar-refractivity contribution in [3.8, 4) is 5.75 Å². The fraction of sp³-hybridized carbons (Fsp3) is 0.250. The summed E-state index contributed by atoms with van der Waals surface area (Å²) in [6.07, 6.45) is 0. The molecule has 0 aromatic heterocycles. The van der Waals surface area contributed by atoms with Crippen LogP contribution in [0.25, 0.3) is 0 Å². The number of rotatable bonds is 2. The summed E-state index contributed by atoms with van der Waals surface area (Å²) in [6.45, 7) is 1.94. The lowest BCUT2D eigenvalue weighted by atomic mass is 10.3. The van der Waals surface area contributed by atoms with Gasteiger partial charge in [0, 0.05) is 4.90 Å². The summed E-state index contributed by atoms with van der Waals surface area (Å²) < 4.78 is 12.8. The van der Waals surface area contributed by atoms with Gasteiger partial charge in [-0.1, -0.05) is 6.92 Å². The first kappa shape index (κ1) is 8.40. The van der Waals surface area contributed by atoms with Crippen molar-refractivity contribution in [2.45, 2.75) is 11.8 Å². The molecule has 60 valence electrons. The number of halogens is 1. The van der Waals surface area contributed by atoms with Gasteiger partial charge in [-0.3, -0.25) is 0 Å². The van der Waals surface area contributed by atoms with Crippen LogP contribution in [-0.2, 0) is 0 Å². The molecule has 1 rings (SSSR count). The van der Waals surface area contributed by atoms with Crippen LogP contribution in [0.15, 0.2) is 23.1 Å². The van der Waals surface area contributed by atoms with E-state index in [4.69, 9.17) is 5.11 Å². The third-order valence-electron chi connectivity index (χ3n) is 1.21. The first-order chi connectivity index (χ1) is 5.24. The van der Waals surface area contributed by atoms with Crippen LogP contribution in [-0.4, -0.2) is 10.9 Å². The predicted molar refractivity (Wildman–Crippen MR) is 44.5 cm³/mol. The average molecular weight is 172 g/mol. The molecule has 1 N–H and O–H groups in total. The molecule has 1 nitrogen and oxygen atoms in total. The number of hydrogen-bond acceptors (Lipinski definition) is 2. The predicted octanol–water partition coefficient (Wildman–Crippen LogP) is 2.64. The minimum Gasteiger partial charge on any atom is -0.508 e. The van der Waals surface area contributed by atoms with Crippen LogP contribution < -0.4 is 0 Å². The number of hydrogen-bond donors (Lipinski definition) is 1. The molecule has 0 heterocycles. The van der Waals surface area contributed by atoms with E-state index < -0.39 is 0 Å². The Morgan fingerprint density at radius 2 is 2.27 bits per heavy atom. The van der Waals surface area contributed by atoms with E-state index in [2.05, 4.69) is 0 Å². The van der Waals surface area contributed by atoms with Gasteiger partial charge >= 0.3 is 0 Å². The van der Waals surface area contributed by atoms with Gasteiger partial charge < -0.3 is 5.11 Å². The van der Waals surface area contributed by atoms with Crippen molar-refractivity contribution in [2.75, 3.05) is 5.75 Å². The third kappa shape index (κ3) is 2.12. The summed E-state index contributed by atoms with van der Waals surface area (Å²) in [7, 11) is 0. The summed E-state index contributed by atoms with van der Waals surface area (Å²) in [5.41, 5.74) is 0. The number of thioether (sulfide) groups is 1. The monoisotopic (exact) mass is 172 g/mol. The third-order valence-corrected chi connectivity index (χ3v) is 2.13. The number of phenols is 1. The average Bonchev–Trinajstić information content (AvgIpc) is 1.98. The molecule has 1 aromatic carbocycles. The van der Waals surface area contributed by atoms with E-state index in [1.54, 1.807) is 0 Å². The van der Waals surface area contributed by atoms with Crippen molar-refractivity contribution in [3.63, 3.8) is 0 Å². The second kappa shape index (κ2) is 3.62. The molecule has 0 atom stereocenters. The van der Waals surface area contributed by atoms with Gasteiger partial charge in [0.2, 0.25) is 0 Å². The maximum Gasteiger partial charge on any atom is 0.137 e. The van der Waals surface area contributed by atoms with Gasteiger partial charge in [-0.15, -0.1) is 11.8 Å².